The molecule has 3 aromatic carbocycles. The van der Waals surface area contributed by atoms with Crippen molar-refractivity contribution in [3.63, 3.8) is 0 Å². The summed E-state index contributed by atoms with van der Waals surface area (Å²) < 4.78 is 5.90. The zero-order valence-electron chi connectivity index (χ0n) is 10.6. The molecule has 0 saturated heterocycles. The van der Waals surface area contributed by atoms with Crippen LogP contribution < -0.4 is 0 Å². The predicted molar refractivity (Wildman–Crippen MR) is 78.6 cm³/mol. The predicted octanol–water partition coefficient (Wildman–Crippen LogP) is 4.35. The van der Waals surface area contributed by atoms with Crippen molar-refractivity contribution in [1.29, 1.82) is 0 Å². The Morgan fingerprint density at radius 2 is 1.55 bits per heavy atom. The number of aromatic hydroxyl groups is 1. The number of phenolic OH excluding ortho intramolecular Hbond substituents is 1. The summed E-state index contributed by atoms with van der Waals surface area (Å²) in [5, 5.41) is 11.7. The van der Waals surface area contributed by atoms with Gasteiger partial charge in [-0.2, -0.15) is 0 Å². The van der Waals surface area contributed by atoms with Crippen LogP contribution >= 0.6 is 0 Å². The molecule has 0 spiro atoms. The van der Waals surface area contributed by atoms with Crippen LogP contribution in [0, 0.1) is 0 Å². The lowest BCUT2D eigenvalue weighted by Crippen LogP contribution is -1.76. The van der Waals surface area contributed by atoms with Gasteiger partial charge in [-0.3, -0.25) is 0 Å². The van der Waals surface area contributed by atoms with Crippen molar-refractivity contribution in [2.24, 2.45) is 0 Å². The number of hydrogen-bond acceptors (Lipinski definition) is 3. The maximum Gasteiger partial charge on any atom is 0.227 e. The van der Waals surface area contributed by atoms with Gasteiger partial charge >= 0.3 is 0 Å². The van der Waals surface area contributed by atoms with Crippen molar-refractivity contribution in [2.45, 2.75) is 0 Å². The van der Waals surface area contributed by atoms with Crippen molar-refractivity contribution in [2.75, 3.05) is 0 Å². The van der Waals surface area contributed by atoms with Crippen LogP contribution in [0.15, 0.2) is 65.1 Å². The first-order valence-corrected chi connectivity index (χ1v) is 6.39. The smallest absolute Gasteiger partial charge is 0.227 e. The molecule has 0 fully saturated rings. The molecule has 1 N–H and O–H groups in total. The number of hydrogen-bond donors (Lipinski definition) is 1. The van der Waals surface area contributed by atoms with Crippen molar-refractivity contribution in [1.82, 2.24) is 4.98 Å². The minimum atomic E-state index is 0.223. The number of oxazole rings is 1. The first-order valence-electron chi connectivity index (χ1n) is 6.39. The molecule has 4 aromatic rings. The Morgan fingerprint density at radius 3 is 2.35 bits per heavy atom. The Bertz CT molecular complexity index is 910. The largest absolute Gasteiger partial charge is 0.507 e. The van der Waals surface area contributed by atoms with Crippen LogP contribution in [0.5, 0.6) is 5.75 Å². The lowest BCUT2D eigenvalue weighted by atomic mass is 10.1. The Morgan fingerprint density at radius 1 is 0.850 bits per heavy atom. The molecule has 0 radical (unpaired) electrons. The summed E-state index contributed by atoms with van der Waals surface area (Å²) in [5.74, 6) is 0.789. The lowest BCUT2D eigenvalue weighted by molar-refractivity contribution is 0.482. The van der Waals surface area contributed by atoms with Gasteiger partial charge in [0, 0.05) is 22.4 Å². The second-order valence-electron chi connectivity index (χ2n) is 4.67. The van der Waals surface area contributed by atoms with E-state index in [1.165, 1.54) is 0 Å². The average Bonchev–Trinajstić information content (AvgIpc) is 2.93. The van der Waals surface area contributed by atoms with Gasteiger partial charge < -0.3 is 9.52 Å². The molecule has 1 heterocycles. The normalized spacial score (nSPS) is 11.2. The van der Waals surface area contributed by atoms with Gasteiger partial charge in [0.15, 0.2) is 5.58 Å². The fraction of sp³-hybridized carbons (Fsp3) is 0. The Hall–Kier alpha value is -2.81. The van der Waals surface area contributed by atoms with E-state index in [9.17, 15) is 5.11 Å². The molecule has 96 valence electrons. The van der Waals surface area contributed by atoms with Gasteiger partial charge in [0.1, 0.15) is 11.3 Å². The SMILES string of the molecule is Oc1cc2nc(-c3ccccc3)oc2c2ccccc12. The minimum absolute atomic E-state index is 0.223. The molecule has 0 aliphatic carbocycles. The molecule has 0 aliphatic rings. The second-order valence-corrected chi connectivity index (χ2v) is 4.67. The fourth-order valence-corrected chi connectivity index (χ4v) is 2.44. The number of nitrogens with zero attached hydrogens (tertiary/aromatic N) is 1. The molecule has 3 nitrogen and oxygen atoms in total. The number of fused-ring (bicyclic) bond motifs is 3. The highest BCUT2D eigenvalue weighted by molar-refractivity contribution is 6.06. The maximum atomic E-state index is 10.1. The third-order valence-electron chi connectivity index (χ3n) is 3.40. The molecule has 3 heteroatoms. The molecule has 0 bridgehead atoms. The van der Waals surface area contributed by atoms with Gasteiger partial charge in [-0.1, -0.05) is 42.5 Å². The van der Waals surface area contributed by atoms with E-state index >= 15 is 0 Å². The van der Waals surface area contributed by atoms with E-state index in [4.69, 9.17) is 4.42 Å². The molecule has 0 atom stereocenters. The van der Waals surface area contributed by atoms with Gasteiger partial charge in [-0.05, 0) is 12.1 Å². The van der Waals surface area contributed by atoms with Crippen LogP contribution in [0.1, 0.15) is 0 Å². The van der Waals surface area contributed by atoms with Gasteiger partial charge in [0.2, 0.25) is 5.89 Å². The van der Waals surface area contributed by atoms with Crippen LogP contribution in [0.4, 0.5) is 0 Å². The van der Waals surface area contributed by atoms with Crippen molar-refractivity contribution < 1.29 is 9.52 Å². The average molecular weight is 261 g/mol. The standard InChI is InChI=1S/C17H11NO2/c19-15-10-14-16(13-9-5-4-8-12(13)15)20-17(18-14)11-6-2-1-3-7-11/h1-10,19H. The van der Waals surface area contributed by atoms with Gasteiger partial charge in [-0.15, -0.1) is 0 Å². The summed E-state index contributed by atoms with van der Waals surface area (Å²) in [7, 11) is 0. The van der Waals surface area contributed by atoms with E-state index < -0.39 is 0 Å². The monoisotopic (exact) mass is 261 g/mol. The Labute approximate surface area is 115 Å². The fourth-order valence-electron chi connectivity index (χ4n) is 2.44. The summed E-state index contributed by atoms with van der Waals surface area (Å²) in [5.41, 5.74) is 2.30. The highest BCUT2D eigenvalue weighted by Crippen LogP contribution is 2.34. The van der Waals surface area contributed by atoms with Gasteiger partial charge in [-0.25, -0.2) is 4.98 Å². The maximum absolute atomic E-state index is 10.1. The molecule has 0 unspecified atom stereocenters. The zero-order chi connectivity index (χ0) is 13.5. The van der Waals surface area contributed by atoms with Crippen molar-refractivity contribution >= 4 is 21.9 Å². The third-order valence-corrected chi connectivity index (χ3v) is 3.40. The molecule has 20 heavy (non-hydrogen) atoms. The number of benzene rings is 3. The summed E-state index contributed by atoms with van der Waals surface area (Å²) in [6, 6.07) is 19.0. The zero-order valence-corrected chi connectivity index (χ0v) is 10.6. The number of rotatable bonds is 1. The Kier molecular flexibility index (Phi) is 2.27. The number of phenols is 1. The minimum Gasteiger partial charge on any atom is -0.507 e. The molecule has 0 aliphatic heterocycles. The van der Waals surface area contributed by atoms with Crippen LogP contribution in [-0.4, -0.2) is 10.1 Å². The van der Waals surface area contributed by atoms with Crippen LogP contribution in [-0.2, 0) is 0 Å². The quantitative estimate of drug-likeness (QED) is 0.554. The van der Waals surface area contributed by atoms with Crippen LogP contribution in [0.3, 0.4) is 0 Å². The van der Waals surface area contributed by atoms with E-state index in [0.717, 1.165) is 16.3 Å². The summed E-state index contributed by atoms with van der Waals surface area (Å²) in [6.45, 7) is 0. The Balaban J connectivity index is 2.07. The van der Waals surface area contributed by atoms with E-state index in [0.29, 0.717) is 17.0 Å². The van der Waals surface area contributed by atoms with Crippen molar-refractivity contribution in [3.05, 3.63) is 60.7 Å². The van der Waals surface area contributed by atoms with Crippen LogP contribution in [0.25, 0.3) is 33.3 Å². The molecule has 1 aromatic heterocycles. The van der Waals surface area contributed by atoms with E-state index in [1.807, 2.05) is 54.6 Å². The molecule has 0 saturated carbocycles. The highest BCUT2D eigenvalue weighted by Gasteiger charge is 2.13. The molecule has 0 amide bonds. The molecular weight excluding hydrogens is 250 g/mol. The first kappa shape index (κ1) is 11.1. The topological polar surface area (TPSA) is 46.3 Å². The molecular formula is C17H11NO2. The van der Waals surface area contributed by atoms with E-state index in [1.54, 1.807) is 6.07 Å². The summed E-state index contributed by atoms with van der Waals surface area (Å²) in [6.07, 6.45) is 0. The lowest BCUT2D eigenvalue weighted by Gasteiger charge is -1.99. The summed E-state index contributed by atoms with van der Waals surface area (Å²) >= 11 is 0. The first-order chi connectivity index (χ1) is 9.83. The van der Waals surface area contributed by atoms with Crippen molar-refractivity contribution in [3.8, 4) is 17.2 Å². The second kappa shape index (κ2) is 4.10. The number of aromatic nitrogens is 1. The van der Waals surface area contributed by atoms with Gasteiger partial charge in [0.25, 0.3) is 0 Å². The van der Waals surface area contributed by atoms with Crippen LogP contribution in [0.2, 0.25) is 0 Å². The van der Waals surface area contributed by atoms with E-state index in [-0.39, 0.29) is 5.75 Å². The van der Waals surface area contributed by atoms with Gasteiger partial charge in [0.05, 0.1) is 0 Å². The summed E-state index contributed by atoms with van der Waals surface area (Å²) in [4.78, 5) is 4.47. The third kappa shape index (κ3) is 1.57. The molecule has 4 rings (SSSR count). The van der Waals surface area contributed by atoms with E-state index in [2.05, 4.69) is 4.98 Å². The highest BCUT2D eigenvalue weighted by atomic mass is 16.3.